The largest absolute Gasteiger partial charge is 0.397 e. The second kappa shape index (κ2) is 6.35. The van der Waals surface area contributed by atoms with E-state index in [-0.39, 0.29) is 10.4 Å². The van der Waals surface area contributed by atoms with Gasteiger partial charge >= 0.3 is 0 Å². The predicted molar refractivity (Wildman–Crippen MR) is 85.3 cm³/mol. The van der Waals surface area contributed by atoms with Crippen molar-refractivity contribution in [3.05, 3.63) is 28.3 Å². The van der Waals surface area contributed by atoms with Gasteiger partial charge in [0.25, 0.3) is 5.69 Å². The van der Waals surface area contributed by atoms with Crippen LogP contribution >= 0.6 is 11.8 Å². The first-order valence-electron chi connectivity index (χ1n) is 6.89. The summed E-state index contributed by atoms with van der Waals surface area (Å²) >= 11 is 1.91. The van der Waals surface area contributed by atoms with Crippen molar-refractivity contribution in [2.75, 3.05) is 23.9 Å². The number of thioether (sulfide) groups is 1. The molecule has 0 unspecified atom stereocenters. The van der Waals surface area contributed by atoms with Gasteiger partial charge in [-0.2, -0.15) is 11.8 Å². The smallest absolute Gasteiger partial charge is 0.271 e. The number of nitrogen functional groups attached to an aromatic ring is 1. The summed E-state index contributed by atoms with van der Waals surface area (Å²) in [5.74, 6) is 0. The van der Waals surface area contributed by atoms with Gasteiger partial charge in [-0.05, 0) is 25.2 Å². The molecule has 1 aromatic rings. The Balaban J connectivity index is 2.04. The molecule has 5 nitrogen and oxygen atoms in total. The van der Waals surface area contributed by atoms with Crippen molar-refractivity contribution in [1.29, 1.82) is 0 Å². The minimum atomic E-state index is -0.426. The topological polar surface area (TPSA) is 81.2 Å². The lowest BCUT2D eigenvalue weighted by Gasteiger charge is -2.36. The van der Waals surface area contributed by atoms with E-state index in [0.29, 0.717) is 5.69 Å². The fraction of sp³-hybridized carbons (Fsp3) is 0.571. The molecule has 0 aliphatic heterocycles. The number of anilines is 2. The second-order valence-electron chi connectivity index (χ2n) is 5.33. The van der Waals surface area contributed by atoms with Crippen LogP contribution in [0.4, 0.5) is 17.1 Å². The lowest BCUT2D eigenvalue weighted by molar-refractivity contribution is -0.384. The Hall–Kier alpha value is -1.43. The van der Waals surface area contributed by atoms with Crippen LogP contribution in [0, 0.1) is 10.1 Å². The quantitative estimate of drug-likeness (QED) is 0.492. The molecule has 110 valence electrons. The first-order valence-corrected chi connectivity index (χ1v) is 8.12. The highest BCUT2D eigenvalue weighted by Gasteiger charge is 2.30. The van der Waals surface area contributed by atoms with Crippen LogP contribution in [0.1, 0.15) is 32.1 Å². The highest BCUT2D eigenvalue weighted by Crippen LogP contribution is 2.39. The average Bonchev–Trinajstić information content (AvgIpc) is 2.47. The van der Waals surface area contributed by atoms with Crippen molar-refractivity contribution >= 4 is 28.8 Å². The molecule has 1 aliphatic rings. The zero-order valence-corrected chi connectivity index (χ0v) is 12.5. The van der Waals surface area contributed by atoms with Crippen LogP contribution in [0.15, 0.2) is 18.2 Å². The number of hydrogen-bond acceptors (Lipinski definition) is 5. The van der Waals surface area contributed by atoms with Crippen LogP contribution in [-0.2, 0) is 0 Å². The van der Waals surface area contributed by atoms with Crippen LogP contribution in [0.2, 0.25) is 0 Å². The normalized spacial score (nSPS) is 17.6. The summed E-state index contributed by atoms with van der Waals surface area (Å²) in [6.45, 7) is 0.857. The third-order valence-corrected chi connectivity index (χ3v) is 5.46. The fourth-order valence-corrected chi connectivity index (χ4v) is 3.64. The molecule has 0 heterocycles. The predicted octanol–water partition coefficient (Wildman–Crippen LogP) is 3.65. The average molecular weight is 295 g/mol. The first-order chi connectivity index (χ1) is 9.56. The Morgan fingerprint density at radius 1 is 1.40 bits per heavy atom. The summed E-state index contributed by atoms with van der Waals surface area (Å²) < 4.78 is 0.270. The third kappa shape index (κ3) is 3.36. The second-order valence-corrected chi connectivity index (χ2v) is 6.60. The van der Waals surface area contributed by atoms with Gasteiger partial charge in [-0.15, -0.1) is 0 Å². The van der Waals surface area contributed by atoms with E-state index in [4.69, 9.17) is 5.73 Å². The third-order valence-electron chi connectivity index (χ3n) is 4.04. The van der Waals surface area contributed by atoms with Crippen molar-refractivity contribution < 1.29 is 4.92 Å². The van der Waals surface area contributed by atoms with Gasteiger partial charge in [-0.1, -0.05) is 19.3 Å². The molecule has 1 aliphatic carbocycles. The fourth-order valence-electron chi connectivity index (χ4n) is 2.73. The van der Waals surface area contributed by atoms with Crippen molar-refractivity contribution in [2.45, 2.75) is 36.9 Å². The molecule has 1 saturated carbocycles. The van der Waals surface area contributed by atoms with E-state index < -0.39 is 4.92 Å². The molecular weight excluding hydrogens is 274 g/mol. The lowest BCUT2D eigenvalue weighted by atomic mass is 9.88. The van der Waals surface area contributed by atoms with E-state index in [1.807, 2.05) is 11.8 Å². The van der Waals surface area contributed by atoms with Crippen LogP contribution in [0.25, 0.3) is 0 Å². The Kier molecular flexibility index (Phi) is 4.75. The molecule has 0 aromatic heterocycles. The molecule has 6 heteroatoms. The highest BCUT2D eigenvalue weighted by molar-refractivity contribution is 8.00. The van der Waals surface area contributed by atoms with Crippen molar-refractivity contribution in [3.8, 4) is 0 Å². The van der Waals surface area contributed by atoms with Crippen molar-refractivity contribution in [3.63, 3.8) is 0 Å². The number of non-ortho nitro benzene ring substituents is 1. The number of nitrogens with one attached hydrogen (secondary N) is 1. The molecule has 1 aromatic carbocycles. The van der Waals surface area contributed by atoms with E-state index in [1.54, 1.807) is 6.07 Å². The monoisotopic (exact) mass is 295 g/mol. The number of nitrogens with zero attached hydrogens (tertiary/aromatic N) is 1. The van der Waals surface area contributed by atoms with E-state index >= 15 is 0 Å². The number of nitro benzene ring substituents is 1. The summed E-state index contributed by atoms with van der Waals surface area (Å²) in [6.07, 6.45) is 8.47. The van der Waals surface area contributed by atoms with Gasteiger partial charge in [0, 0.05) is 23.4 Å². The van der Waals surface area contributed by atoms with Crippen molar-refractivity contribution in [2.24, 2.45) is 0 Å². The lowest BCUT2D eigenvalue weighted by Crippen LogP contribution is -2.35. The Morgan fingerprint density at radius 2 is 2.10 bits per heavy atom. The Bertz CT molecular complexity index is 487. The van der Waals surface area contributed by atoms with Gasteiger partial charge in [0.15, 0.2) is 0 Å². The first kappa shape index (κ1) is 15.0. The maximum atomic E-state index is 10.7. The number of rotatable bonds is 5. The molecule has 0 radical (unpaired) electrons. The molecule has 2 rings (SSSR count). The minimum absolute atomic E-state index is 0.0327. The molecule has 3 N–H and O–H groups in total. The SMILES string of the molecule is CSC1(CNc2ccc([N+](=O)[O-])cc2N)CCCCC1. The molecule has 0 atom stereocenters. The molecule has 0 spiro atoms. The summed E-state index contributed by atoms with van der Waals surface area (Å²) in [7, 11) is 0. The van der Waals surface area contributed by atoms with Gasteiger partial charge in [0.2, 0.25) is 0 Å². The molecule has 0 amide bonds. The van der Waals surface area contributed by atoms with Crippen LogP contribution in [-0.4, -0.2) is 22.5 Å². The zero-order valence-electron chi connectivity index (χ0n) is 11.7. The van der Waals surface area contributed by atoms with Gasteiger partial charge in [0.1, 0.15) is 0 Å². The Morgan fingerprint density at radius 3 is 2.65 bits per heavy atom. The van der Waals surface area contributed by atoms with Crippen LogP contribution in [0.5, 0.6) is 0 Å². The standard InChI is InChI=1S/C14H21N3O2S/c1-20-14(7-3-2-4-8-14)10-16-13-6-5-11(17(18)19)9-12(13)15/h5-6,9,16H,2-4,7-8,10,15H2,1H3. The summed E-state index contributed by atoms with van der Waals surface area (Å²) in [5, 5.41) is 14.1. The van der Waals surface area contributed by atoms with Gasteiger partial charge < -0.3 is 11.1 Å². The highest BCUT2D eigenvalue weighted by atomic mass is 32.2. The van der Waals surface area contributed by atoms with E-state index in [0.717, 1.165) is 12.2 Å². The van der Waals surface area contributed by atoms with Crippen molar-refractivity contribution in [1.82, 2.24) is 0 Å². The number of nitrogens with two attached hydrogens (primary N) is 1. The maximum Gasteiger partial charge on any atom is 0.271 e. The van der Waals surface area contributed by atoms with Gasteiger partial charge in [0.05, 0.1) is 16.3 Å². The van der Waals surface area contributed by atoms with Gasteiger partial charge in [-0.25, -0.2) is 0 Å². The molecule has 0 bridgehead atoms. The molecular formula is C14H21N3O2S. The zero-order chi connectivity index (χ0) is 14.6. The van der Waals surface area contributed by atoms with Crippen LogP contribution < -0.4 is 11.1 Å². The van der Waals surface area contributed by atoms with Gasteiger partial charge in [-0.3, -0.25) is 10.1 Å². The molecule has 0 saturated heterocycles. The van der Waals surface area contributed by atoms with E-state index in [2.05, 4.69) is 11.6 Å². The Labute approximate surface area is 123 Å². The molecule has 1 fully saturated rings. The van der Waals surface area contributed by atoms with E-state index in [1.165, 1.54) is 44.2 Å². The summed E-state index contributed by atoms with van der Waals surface area (Å²) in [5.41, 5.74) is 7.14. The summed E-state index contributed by atoms with van der Waals surface area (Å²) in [4.78, 5) is 10.3. The molecule has 20 heavy (non-hydrogen) atoms. The maximum absolute atomic E-state index is 10.7. The van der Waals surface area contributed by atoms with Crippen LogP contribution in [0.3, 0.4) is 0 Å². The number of nitro groups is 1. The summed E-state index contributed by atoms with van der Waals surface area (Å²) in [6, 6.07) is 4.60. The van der Waals surface area contributed by atoms with E-state index in [9.17, 15) is 10.1 Å². The minimum Gasteiger partial charge on any atom is -0.397 e. The number of hydrogen-bond donors (Lipinski definition) is 2. The number of benzene rings is 1.